The lowest BCUT2D eigenvalue weighted by Crippen LogP contribution is -2.14. The van der Waals surface area contributed by atoms with Crippen molar-refractivity contribution in [3.8, 4) is 0 Å². The topological polar surface area (TPSA) is 9.23 Å². The Morgan fingerprint density at radius 1 is 1.42 bits per heavy atom. The number of thiocarbonyl (C=S) groups is 1. The molecular formula is C10H11OS. The number of hydrogen-bond acceptors (Lipinski definition) is 2. The van der Waals surface area contributed by atoms with E-state index in [1.807, 2.05) is 18.2 Å². The monoisotopic (exact) mass is 179 g/mol. The van der Waals surface area contributed by atoms with Crippen molar-refractivity contribution in [1.82, 2.24) is 0 Å². The largest absolute Gasteiger partial charge is 0.376 e. The number of ether oxygens (including phenoxy) is 1. The molecule has 0 aliphatic rings. The summed E-state index contributed by atoms with van der Waals surface area (Å²) in [5, 5.41) is 2.66. The molecule has 1 nitrogen and oxygen atoms in total. The number of hydrogen-bond donors (Lipinski definition) is 0. The Morgan fingerprint density at radius 3 is 2.58 bits per heavy atom. The van der Waals surface area contributed by atoms with Gasteiger partial charge >= 0.3 is 0 Å². The van der Waals surface area contributed by atoms with Crippen molar-refractivity contribution in [3.63, 3.8) is 0 Å². The molecule has 0 spiro atoms. The fraction of sp³-hybridized carbons (Fsp3) is 0.300. The summed E-state index contributed by atoms with van der Waals surface area (Å²) in [6, 6.07) is 10.1. The minimum absolute atomic E-state index is 0.0672. The van der Waals surface area contributed by atoms with Gasteiger partial charge in [-0.2, -0.15) is 0 Å². The molecule has 0 bridgehead atoms. The minimum atomic E-state index is -0.0672. The van der Waals surface area contributed by atoms with Crippen LogP contribution in [0.25, 0.3) is 0 Å². The van der Waals surface area contributed by atoms with Gasteiger partial charge in [0.1, 0.15) is 0 Å². The number of rotatable bonds is 4. The molecule has 1 aromatic carbocycles. The summed E-state index contributed by atoms with van der Waals surface area (Å²) in [6.45, 7) is 0. The summed E-state index contributed by atoms with van der Waals surface area (Å²) in [7, 11) is 1.65. The predicted octanol–water partition coefficient (Wildman–Crippen LogP) is 2.12. The second-order valence-electron chi connectivity index (χ2n) is 2.53. The molecule has 1 atom stereocenters. The molecule has 12 heavy (non-hydrogen) atoms. The molecule has 1 rings (SSSR count). The molecule has 1 aromatic rings. The molecule has 0 heterocycles. The molecule has 0 fully saturated rings. The smallest absolute Gasteiger partial charge is 0.0973 e. The van der Waals surface area contributed by atoms with Crippen LogP contribution in [0.5, 0.6) is 0 Å². The zero-order chi connectivity index (χ0) is 8.81. The van der Waals surface area contributed by atoms with Crippen LogP contribution in [0.1, 0.15) is 5.56 Å². The lowest BCUT2D eigenvalue weighted by Gasteiger charge is -2.07. The van der Waals surface area contributed by atoms with Crippen LogP contribution in [-0.4, -0.2) is 18.6 Å². The van der Waals surface area contributed by atoms with Gasteiger partial charge in [-0.05, 0) is 5.56 Å². The van der Waals surface area contributed by atoms with Crippen LogP contribution in [-0.2, 0) is 11.2 Å². The Labute approximate surface area is 78.4 Å². The van der Waals surface area contributed by atoms with Crippen molar-refractivity contribution < 1.29 is 4.74 Å². The highest BCUT2D eigenvalue weighted by molar-refractivity contribution is 7.79. The highest BCUT2D eigenvalue weighted by Crippen LogP contribution is 2.03. The lowest BCUT2D eigenvalue weighted by atomic mass is 10.1. The summed E-state index contributed by atoms with van der Waals surface area (Å²) < 4.78 is 5.09. The zero-order valence-electron chi connectivity index (χ0n) is 6.99. The van der Waals surface area contributed by atoms with E-state index in [9.17, 15) is 0 Å². The third-order valence-electron chi connectivity index (χ3n) is 1.68. The normalized spacial score (nSPS) is 12.4. The molecule has 1 unspecified atom stereocenters. The van der Waals surface area contributed by atoms with Gasteiger partial charge in [0.05, 0.1) is 11.5 Å². The van der Waals surface area contributed by atoms with Crippen molar-refractivity contribution in [2.45, 2.75) is 12.5 Å². The van der Waals surface area contributed by atoms with Gasteiger partial charge in [-0.3, -0.25) is 0 Å². The van der Waals surface area contributed by atoms with Crippen LogP contribution in [0.2, 0.25) is 0 Å². The molecule has 0 aliphatic carbocycles. The molecule has 2 heteroatoms. The SMILES string of the molecule is COC([C]=S)Cc1ccccc1. The van der Waals surface area contributed by atoms with E-state index in [1.165, 1.54) is 5.56 Å². The van der Waals surface area contributed by atoms with E-state index in [0.717, 1.165) is 6.42 Å². The Balaban J connectivity index is 2.56. The van der Waals surface area contributed by atoms with E-state index >= 15 is 0 Å². The molecule has 0 N–H and O–H groups in total. The summed E-state index contributed by atoms with van der Waals surface area (Å²) in [5.74, 6) is 0. The van der Waals surface area contributed by atoms with Crippen LogP contribution in [0, 0.1) is 0 Å². The zero-order valence-corrected chi connectivity index (χ0v) is 7.80. The molecule has 1 radical (unpaired) electrons. The third-order valence-corrected chi connectivity index (χ3v) is 1.94. The second kappa shape index (κ2) is 5.01. The van der Waals surface area contributed by atoms with Crippen molar-refractivity contribution >= 4 is 17.6 Å². The maximum absolute atomic E-state index is 5.09. The third kappa shape index (κ3) is 2.72. The fourth-order valence-electron chi connectivity index (χ4n) is 1.00. The van der Waals surface area contributed by atoms with Gasteiger partial charge in [0.25, 0.3) is 0 Å². The van der Waals surface area contributed by atoms with Crippen LogP contribution in [0.4, 0.5) is 0 Å². The summed E-state index contributed by atoms with van der Waals surface area (Å²) in [6.07, 6.45) is 0.739. The van der Waals surface area contributed by atoms with Gasteiger partial charge in [0, 0.05) is 13.5 Å². The van der Waals surface area contributed by atoms with Crippen molar-refractivity contribution in [2.75, 3.05) is 7.11 Å². The first-order chi connectivity index (χ1) is 5.86. The van der Waals surface area contributed by atoms with E-state index in [-0.39, 0.29) is 6.10 Å². The van der Waals surface area contributed by atoms with E-state index in [2.05, 4.69) is 17.5 Å². The maximum Gasteiger partial charge on any atom is 0.0973 e. The Hall–Kier alpha value is -0.730. The molecule has 0 aliphatic heterocycles. The van der Waals surface area contributed by atoms with Gasteiger partial charge < -0.3 is 4.74 Å². The first kappa shape index (κ1) is 9.36. The summed E-state index contributed by atoms with van der Waals surface area (Å²) in [4.78, 5) is 0. The molecule has 0 saturated carbocycles. The molecular weight excluding hydrogens is 168 g/mol. The number of methoxy groups -OCH3 is 1. The standard InChI is InChI=1S/C10H11OS/c1-11-10(8-12)7-9-5-3-2-4-6-9/h2-6,10H,7H2,1H3. The van der Waals surface area contributed by atoms with Crippen LogP contribution < -0.4 is 0 Å². The number of benzene rings is 1. The maximum atomic E-state index is 5.09. The van der Waals surface area contributed by atoms with Gasteiger partial charge in [0.15, 0.2) is 0 Å². The minimum Gasteiger partial charge on any atom is -0.376 e. The van der Waals surface area contributed by atoms with E-state index < -0.39 is 0 Å². The van der Waals surface area contributed by atoms with Gasteiger partial charge in [-0.15, -0.1) is 0 Å². The van der Waals surface area contributed by atoms with Crippen LogP contribution >= 0.6 is 12.2 Å². The average Bonchev–Trinajstić information content (AvgIpc) is 2.16. The quantitative estimate of drug-likeness (QED) is 0.655. The fourth-order valence-corrected chi connectivity index (χ4v) is 1.18. The van der Waals surface area contributed by atoms with Crippen molar-refractivity contribution in [2.24, 2.45) is 0 Å². The second-order valence-corrected chi connectivity index (χ2v) is 2.77. The van der Waals surface area contributed by atoms with Crippen LogP contribution in [0.15, 0.2) is 30.3 Å². The van der Waals surface area contributed by atoms with Gasteiger partial charge in [0.2, 0.25) is 0 Å². The van der Waals surface area contributed by atoms with Crippen molar-refractivity contribution in [1.29, 1.82) is 0 Å². The Morgan fingerprint density at radius 2 is 2.08 bits per heavy atom. The Bertz CT molecular complexity index is 233. The molecule has 0 amide bonds. The van der Waals surface area contributed by atoms with Crippen molar-refractivity contribution in [3.05, 3.63) is 35.9 Å². The highest BCUT2D eigenvalue weighted by Gasteiger charge is 2.03. The van der Waals surface area contributed by atoms with E-state index in [4.69, 9.17) is 17.0 Å². The Kier molecular flexibility index (Phi) is 3.91. The summed E-state index contributed by atoms with van der Waals surface area (Å²) in [5.41, 5.74) is 1.22. The van der Waals surface area contributed by atoms with Crippen LogP contribution in [0.3, 0.4) is 0 Å². The van der Waals surface area contributed by atoms with E-state index in [1.54, 1.807) is 7.11 Å². The molecule has 63 valence electrons. The predicted molar refractivity (Wildman–Crippen MR) is 53.5 cm³/mol. The van der Waals surface area contributed by atoms with Gasteiger partial charge in [-0.1, -0.05) is 42.5 Å². The van der Waals surface area contributed by atoms with E-state index in [0.29, 0.717) is 0 Å². The molecule has 0 saturated heterocycles. The molecule has 0 aromatic heterocycles. The summed E-state index contributed by atoms with van der Waals surface area (Å²) >= 11 is 4.70. The van der Waals surface area contributed by atoms with Gasteiger partial charge in [-0.25, -0.2) is 0 Å². The first-order valence-electron chi connectivity index (χ1n) is 3.81. The lowest BCUT2D eigenvalue weighted by molar-refractivity contribution is 0.161. The average molecular weight is 179 g/mol. The first-order valence-corrected chi connectivity index (χ1v) is 4.22. The highest BCUT2D eigenvalue weighted by atomic mass is 32.1.